The first kappa shape index (κ1) is 15.0. The fourth-order valence-corrected chi connectivity index (χ4v) is 3.11. The van der Waals surface area contributed by atoms with Gasteiger partial charge in [-0.2, -0.15) is 5.26 Å². The standard InChI is InChI=1S/C16H14BrNOS/c17-14-6-3-7-15(11-14)20-10-4-9-19-16-8-2-1-5-13(16)12-18/h1-3,5-8,11H,4,9-10H2. The van der Waals surface area contributed by atoms with Crippen molar-refractivity contribution >= 4 is 27.7 Å². The van der Waals surface area contributed by atoms with Crippen molar-refractivity contribution in [3.63, 3.8) is 0 Å². The summed E-state index contributed by atoms with van der Waals surface area (Å²) in [5, 5.41) is 8.96. The molecular weight excluding hydrogens is 334 g/mol. The van der Waals surface area contributed by atoms with Crippen LogP contribution in [0, 0.1) is 11.3 Å². The summed E-state index contributed by atoms with van der Waals surface area (Å²) >= 11 is 5.27. The number of benzene rings is 2. The van der Waals surface area contributed by atoms with Crippen LogP contribution in [-0.4, -0.2) is 12.4 Å². The molecule has 0 spiro atoms. The van der Waals surface area contributed by atoms with E-state index in [2.05, 4.69) is 34.1 Å². The molecule has 4 heteroatoms. The third-order valence-electron chi connectivity index (χ3n) is 2.62. The van der Waals surface area contributed by atoms with Gasteiger partial charge in [0.1, 0.15) is 11.8 Å². The SMILES string of the molecule is N#Cc1ccccc1OCCCSc1cccc(Br)c1. The van der Waals surface area contributed by atoms with Crippen LogP contribution in [0.15, 0.2) is 57.9 Å². The van der Waals surface area contributed by atoms with Gasteiger partial charge in [-0.3, -0.25) is 0 Å². The number of hydrogen-bond acceptors (Lipinski definition) is 3. The monoisotopic (exact) mass is 347 g/mol. The predicted molar refractivity (Wildman–Crippen MR) is 86.1 cm³/mol. The predicted octanol–water partition coefficient (Wildman–Crippen LogP) is 4.88. The lowest BCUT2D eigenvalue weighted by molar-refractivity contribution is 0.318. The molecule has 102 valence electrons. The Morgan fingerprint density at radius 3 is 2.80 bits per heavy atom. The molecule has 0 atom stereocenters. The fourth-order valence-electron chi connectivity index (χ4n) is 1.67. The van der Waals surface area contributed by atoms with Crippen molar-refractivity contribution in [1.29, 1.82) is 5.26 Å². The molecule has 0 heterocycles. The summed E-state index contributed by atoms with van der Waals surface area (Å²) in [6.07, 6.45) is 0.941. The molecule has 0 aliphatic carbocycles. The Bertz CT molecular complexity index is 609. The normalized spacial score (nSPS) is 10.0. The van der Waals surface area contributed by atoms with Gasteiger partial charge in [-0.25, -0.2) is 0 Å². The van der Waals surface area contributed by atoms with E-state index < -0.39 is 0 Å². The zero-order chi connectivity index (χ0) is 14.2. The van der Waals surface area contributed by atoms with Crippen LogP contribution in [0.1, 0.15) is 12.0 Å². The van der Waals surface area contributed by atoms with Gasteiger partial charge < -0.3 is 4.74 Å². The van der Waals surface area contributed by atoms with Gasteiger partial charge in [0.2, 0.25) is 0 Å². The molecule has 20 heavy (non-hydrogen) atoms. The zero-order valence-corrected chi connectivity index (χ0v) is 13.3. The molecule has 0 N–H and O–H groups in total. The third-order valence-corrected chi connectivity index (χ3v) is 4.19. The molecular formula is C16H14BrNOS. The lowest BCUT2D eigenvalue weighted by Crippen LogP contribution is -2.00. The lowest BCUT2D eigenvalue weighted by atomic mass is 10.2. The number of halogens is 1. The van der Waals surface area contributed by atoms with Crippen LogP contribution < -0.4 is 4.74 Å². The van der Waals surface area contributed by atoms with Crippen LogP contribution >= 0.6 is 27.7 Å². The smallest absolute Gasteiger partial charge is 0.137 e. The first-order valence-electron chi connectivity index (χ1n) is 6.30. The van der Waals surface area contributed by atoms with Crippen LogP contribution in [0.3, 0.4) is 0 Å². The topological polar surface area (TPSA) is 33.0 Å². The maximum absolute atomic E-state index is 8.96. The minimum atomic E-state index is 0.590. The Hall–Kier alpha value is -1.44. The number of hydrogen-bond donors (Lipinski definition) is 0. The van der Waals surface area contributed by atoms with Gasteiger partial charge in [0.25, 0.3) is 0 Å². The molecule has 2 aromatic carbocycles. The van der Waals surface area contributed by atoms with E-state index in [1.54, 1.807) is 17.8 Å². The molecule has 2 aromatic rings. The van der Waals surface area contributed by atoms with E-state index in [4.69, 9.17) is 10.00 Å². The van der Waals surface area contributed by atoms with E-state index in [0.717, 1.165) is 16.6 Å². The quantitative estimate of drug-likeness (QED) is 0.551. The van der Waals surface area contributed by atoms with Crippen LogP contribution in [-0.2, 0) is 0 Å². The number of rotatable bonds is 6. The third kappa shape index (κ3) is 4.59. The Balaban J connectivity index is 1.73. The molecule has 0 aromatic heterocycles. The lowest BCUT2D eigenvalue weighted by Gasteiger charge is -2.07. The molecule has 0 aliphatic rings. The molecule has 0 amide bonds. The molecule has 2 rings (SSSR count). The summed E-state index contributed by atoms with van der Waals surface area (Å²) < 4.78 is 6.74. The summed E-state index contributed by atoms with van der Waals surface area (Å²) in [4.78, 5) is 1.25. The Morgan fingerprint density at radius 2 is 2.00 bits per heavy atom. The van der Waals surface area contributed by atoms with E-state index in [0.29, 0.717) is 17.9 Å². The molecule has 0 unspecified atom stereocenters. The second-order valence-electron chi connectivity index (χ2n) is 4.12. The van der Waals surface area contributed by atoms with Gasteiger partial charge in [0, 0.05) is 15.1 Å². The maximum Gasteiger partial charge on any atom is 0.137 e. The number of nitrogens with zero attached hydrogens (tertiary/aromatic N) is 1. The number of thioether (sulfide) groups is 1. The van der Waals surface area contributed by atoms with E-state index in [1.165, 1.54) is 4.90 Å². The Kier molecular flexibility index (Phi) is 5.97. The molecule has 0 bridgehead atoms. The molecule has 0 aliphatic heterocycles. The summed E-state index contributed by atoms with van der Waals surface area (Å²) in [5.41, 5.74) is 0.590. The summed E-state index contributed by atoms with van der Waals surface area (Å²) in [7, 11) is 0. The number of ether oxygens (including phenoxy) is 1. The Morgan fingerprint density at radius 1 is 1.15 bits per heavy atom. The summed E-state index contributed by atoms with van der Waals surface area (Å²) in [6.45, 7) is 0.625. The van der Waals surface area contributed by atoms with Crippen LogP contribution in [0.2, 0.25) is 0 Å². The van der Waals surface area contributed by atoms with Crippen molar-refractivity contribution in [3.8, 4) is 11.8 Å². The minimum Gasteiger partial charge on any atom is -0.492 e. The molecule has 0 fully saturated rings. The second kappa shape index (κ2) is 7.98. The van der Waals surface area contributed by atoms with Crippen LogP contribution in [0.5, 0.6) is 5.75 Å². The van der Waals surface area contributed by atoms with Gasteiger partial charge in [0.05, 0.1) is 12.2 Å². The first-order chi connectivity index (χ1) is 9.79. The second-order valence-corrected chi connectivity index (χ2v) is 6.20. The molecule has 2 nitrogen and oxygen atoms in total. The van der Waals surface area contributed by atoms with Crippen LogP contribution in [0.25, 0.3) is 0 Å². The Labute approximate surface area is 131 Å². The van der Waals surface area contributed by atoms with Crippen molar-refractivity contribution in [3.05, 3.63) is 58.6 Å². The average molecular weight is 348 g/mol. The summed E-state index contributed by atoms with van der Waals surface area (Å²) in [6, 6.07) is 17.7. The van der Waals surface area contributed by atoms with Gasteiger partial charge in [-0.15, -0.1) is 11.8 Å². The zero-order valence-electron chi connectivity index (χ0n) is 10.9. The van der Waals surface area contributed by atoms with Gasteiger partial charge in [-0.1, -0.05) is 34.1 Å². The van der Waals surface area contributed by atoms with Gasteiger partial charge >= 0.3 is 0 Å². The van der Waals surface area contributed by atoms with E-state index in [1.807, 2.05) is 30.3 Å². The molecule has 0 saturated heterocycles. The van der Waals surface area contributed by atoms with Crippen molar-refractivity contribution in [2.24, 2.45) is 0 Å². The number of para-hydroxylation sites is 1. The highest BCUT2D eigenvalue weighted by Gasteiger charge is 2.01. The molecule has 0 radical (unpaired) electrons. The molecule has 0 saturated carbocycles. The maximum atomic E-state index is 8.96. The van der Waals surface area contributed by atoms with Gasteiger partial charge in [-0.05, 0) is 36.8 Å². The largest absolute Gasteiger partial charge is 0.492 e. The van der Waals surface area contributed by atoms with E-state index in [9.17, 15) is 0 Å². The average Bonchev–Trinajstić information content (AvgIpc) is 2.47. The highest BCUT2D eigenvalue weighted by molar-refractivity contribution is 9.10. The van der Waals surface area contributed by atoms with Crippen LogP contribution in [0.4, 0.5) is 0 Å². The van der Waals surface area contributed by atoms with Gasteiger partial charge in [0.15, 0.2) is 0 Å². The highest BCUT2D eigenvalue weighted by atomic mass is 79.9. The van der Waals surface area contributed by atoms with E-state index >= 15 is 0 Å². The number of nitriles is 1. The minimum absolute atomic E-state index is 0.590. The van der Waals surface area contributed by atoms with Crippen molar-refractivity contribution in [1.82, 2.24) is 0 Å². The van der Waals surface area contributed by atoms with Crippen molar-refractivity contribution in [2.45, 2.75) is 11.3 Å². The van der Waals surface area contributed by atoms with Crippen molar-refractivity contribution in [2.75, 3.05) is 12.4 Å². The fraction of sp³-hybridized carbons (Fsp3) is 0.188. The first-order valence-corrected chi connectivity index (χ1v) is 8.08. The highest BCUT2D eigenvalue weighted by Crippen LogP contribution is 2.23. The summed E-state index contributed by atoms with van der Waals surface area (Å²) in [5.74, 6) is 1.66. The van der Waals surface area contributed by atoms with E-state index in [-0.39, 0.29) is 0 Å². The van der Waals surface area contributed by atoms with Crippen molar-refractivity contribution < 1.29 is 4.74 Å².